The van der Waals surface area contributed by atoms with Crippen LogP contribution in [0.15, 0.2) is 18.3 Å². The Morgan fingerprint density at radius 2 is 2.00 bits per heavy atom. The molecule has 3 heteroatoms. The van der Waals surface area contributed by atoms with Crippen LogP contribution in [0.5, 0.6) is 0 Å². The van der Waals surface area contributed by atoms with Gasteiger partial charge in [-0.25, -0.2) is 4.98 Å². The molecule has 0 saturated heterocycles. The van der Waals surface area contributed by atoms with Crippen molar-refractivity contribution < 1.29 is 0 Å². The first-order valence-electron chi connectivity index (χ1n) is 4.71. The third-order valence-electron chi connectivity index (χ3n) is 2.30. The molecule has 74 valence electrons. The van der Waals surface area contributed by atoms with Crippen LogP contribution in [0, 0.1) is 0 Å². The van der Waals surface area contributed by atoms with E-state index in [4.69, 9.17) is 5.73 Å². The van der Waals surface area contributed by atoms with Gasteiger partial charge in [0.2, 0.25) is 0 Å². The van der Waals surface area contributed by atoms with Gasteiger partial charge in [0.05, 0.1) is 11.9 Å². The monoisotopic (exact) mass is 189 g/mol. The van der Waals surface area contributed by atoms with Gasteiger partial charge in [-0.1, -0.05) is 20.8 Å². The van der Waals surface area contributed by atoms with Crippen LogP contribution >= 0.6 is 0 Å². The molecule has 0 aromatic carbocycles. The number of aromatic nitrogens is 2. The molecule has 0 unspecified atom stereocenters. The lowest BCUT2D eigenvalue weighted by molar-refractivity contribution is 0.574. The highest BCUT2D eigenvalue weighted by Gasteiger charge is 2.16. The smallest absolute Gasteiger partial charge is 0.137 e. The number of nitrogens with zero attached hydrogens (tertiary/aromatic N) is 1. The van der Waals surface area contributed by atoms with Crippen molar-refractivity contribution in [3.8, 4) is 0 Å². The van der Waals surface area contributed by atoms with Crippen LogP contribution < -0.4 is 5.73 Å². The molecule has 0 atom stereocenters. The molecule has 0 aliphatic carbocycles. The van der Waals surface area contributed by atoms with Gasteiger partial charge in [0, 0.05) is 16.5 Å². The number of pyridine rings is 1. The van der Waals surface area contributed by atoms with E-state index in [0.29, 0.717) is 5.69 Å². The Balaban J connectivity index is 2.63. The summed E-state index contributed by atoms with van der Waals surface area (Å²) in [4.78, 5) is 7.53. The number of hydrogen-bond acceptors (Lipinski definition) is 2. The van der Waals surface area contributed by atoms with E-state index in [2.05, 4.69) is 36.8 Å². The van der Waals surface area contributed by atoms with Gasteiger partial charge in [-0.15, -0.1) is 0 Å². The largest absolute Gasteiger partial charge is 0.397 e. The molecule has 0 radical (unpaired) electrons. The number of rotatable bonds is 0. The minimum atomic E-state index is 0.120. The fourth-order valence-corrected chi connectivity index (χ4v) is 1.44. The van der Waals surface area contributed by atoms with E-state index in [0.717, 1.165) is 11.0 Å². The van der Waals surface area contributed by atoms with Crippen molar-refractivity contribution >= 4 is 16.7 Å². The van der Waals surface area contributed by atoms with Gasteiger partial charge in [0.15, 0.2) is 0 Å². The van der Waals surface area contributed by atoms with Crippen LogP contribution in [-0.2, 0) is 5.41 Å². The number of nitrogens with one attached hydrogen (secondary N) is 1. The first-order valence-corrected chi connectivity index (χ1v) is 4.71. The molecular formula is C11H15N3. The lowest BCUT2D eigenvalue weighted by Gasteiger charge is -2.15. The predicted molar refractivity (Wildman–Crippen MR) is 59.2 cm³/mol. The predicted octanol–water partition coefficient (Wildman–Crippen LogP) is 2.44. The number of H-pyrrole nitrogens is 1. The second-order valence-electron chi connectivity index (χ2n) is 4.64. The fourth-order valence-electron chi connectivity index (χ4n) is 1.44. The molecule has 0 spiro atoms. The summed E-state index contributed by atoms with van der Waals surface area (Å²) < 4.78 is 0. The fraction of sp³-hybridized carbons (Fsp3) is 0.364. The Bertz CT molecular complexity index is 463. The quantitative estimate of drug-likeness (QED) is 0.668. The summed E-state index contributed by atoms with van der Waals surface area (Å²) in [5, 5.41) is 1.08. The highest BCUT2D eigenvalue weighted by atomic mass is 14.9. The lowest BCUT2D eigenvalue weighted by atomic mass is 9.92. The average Bonchev–Trinajstić information content (AvgIpc) is 2.45. The first kappa shape index (κ1) is 9.06. The van der Waals surface area contributed by atoms with Crippen molar-refractivity contribution in [1.82, 2.24) is 9.97 Å². The SMILES string of the molecule is CC(C)(C)c1cc2cc(N)cnc2[nH]1. The first-order chi connectivity index (χ1) is 6.47. The van der Waals surface area contributed by atoms with Crippen molar-refractivity contribution in [3.05, 3.63) is 24.0 Å². The van der Waals surface area contributed by atoms with Gasteiger partial charge in [0.1, 0.15) is 5.65 Å². The summed E-state index contributed by atoms with van der Waals surface area (Å²) in [6.45, 7) is 6.50. The molecule has 3 N–H and O–H groups in total. The maximum Gasteiger partial charge on any atom is 0.137 e. The number of aromatic amines is 1. The maximum atomic E-state index is 5.67. The number of nitrogens with two attached hydrogens (primary N) is 1. The highest BCUT2D eigenvalue weighted by molar-refractivity contribution is 5.79. The normalized spacial score (nSPS) is 12.2. The standard InChI is InChI=1S/C11H15N3/c1-11(2,3)9-5-7-4-8(12)6-13-10(7)14-9/h4-6H,12H2,1-3H3,(H,13,14). The Kier molecular flexibility index (Phi) is 1.77. The average molecular weight is 189 g/mol. The molecule has 0 amide bonds. The van der Waals surface area contributed by atoms with E-state index in [9.17, 15) is 0 Å². The molecule has 0 saturated carbocycles. The second kappa shape index (κ2) is 2.74. The minimum absolute atomic E-state index is 0.120. The molecule has 3 nitrogen and oxygen atoms in total. The van der Waals surface area contributed by atoms with Crippen molar-refractivity contribution in [3.63, 3.8) is 0 Å². The number of anilines is 1. The zero-order chi connectivity index (χ0) is 10.3. The summed E-state index contributed by atoms with van der Waals surface area (Å²) >= 11 is 0. The molecule has 0 bridgehead atoms. The van der Waals surface area contributed by atoms with Crippen LogP contribution in [0.25, 0.3) is 11.0 Å². The molecule has 2 aromatic heterocycles. The van der Waals surface area contributed by atoms with Gasteiger partial charge in [-0.3, -0.25) is 0 Å². The number of nitrogen functional groups attached to an aromatic ring is 1. The van der Waals surface area contributed by atoms with Gasteiger partial charge in [-0.2, -0.15) is 0 Å². The summed E-state index contributed by atoms with van der Waals surface area (Å²) in [6.07, 6.45) is 1.67. The number of hydrogen-bond donors (Lipinski definition) is 2. The van der Waals surface area contributed by atoms with E-state index in [1.54, 1.807) is 6.20 Å². The maximum absolute atomic E-state index is 5.67. The molecule has 0 fully saturated rings. The van der Waals surface area contributed by atoms with Gasteiger partial charge >= 0.3 is 0 Å². The Morgan fingerprint density at radius 3 is 2.64 bits per heavy atom. The summed E-state index contributed by atoms with van der Waals surface area (Å²) in [6, 6.07) is 4.05. The third-order valence-corrected chi connectivity index (χ3v) is 2.30. The highest BCUT2D eigenvalue weighted by Crippen LogP contribution is 2.25. The van der Waals surface area contributed by atoms with Gasteiger partial charge in [-0.05, 0) is 12.1 Å². The Labute approximate surface area is 83.3 Å². The molecule has 2 aromatic rings. The number of fused-ring (bicyclic) bond motifs is 1. The molecule has 14 heavy (non-hydrogen) atoms. The zero-order valence-electron chi connectivity index (χ0n) is 8.76. The Hall–Kier alpha value is -1.51. The summed E-state index contributed by atoms with van der Waals surface area (Å²) in [5.41, 5.74) is 8.58. The van der Waals surface area contributed by atoms with Crippen molar-refractivity contribution in [2.45, 2.75) is 26.2 Å². The molecular weight excluding hydrogens is 174 g/mol. The van der Waals surface area contributed by atoms with Crippen molar-refractivity contribution in [1.29, 1.82) is 0 Å². The van der Waals surface area contributed by atoms with Crippen LogP contribution in [0.3, 0.4) is 0 Å². The van der Waals surface area contributed by atoms with Crippen molar-refractivity contribution in [2.24, 2.45) is 0 Å². The summed E-state index contributed by atoms with van der Waals surface area (Å²) in [5.74, 6) is 0. The van der Waals surface area contributed by atoms with Gasteiger partial charge < -0.3 is 10.7 Å². The van der Waals surface area contributed by atoms with E-state index in [1.165, 1.54) is 5.69 Å². The third kappa shape index (κ3) is 1.45. The van der Waals surface area contributed by atoms with Crippen LogP contribution in [0.1, 0.15) is 26.5 Å². The molecule has 2 rings (SSSR count). The van der Waals surface area contributed by atoms with Gasteiger partial charge in [0.25, 0.3) is 0 Å². The van der Waals surface area contributed by atoms with Crippen LogP contribution in [-0.4, -0.2) is 9.97 Å². The molecule has 2 heterocycles. The minimum Gasteiger partial charge on any atom is -0.397 e. The summed E-state index contributed by atoms with van der Waals surface area (Å²) in [7, 11) is 0. The van der Waals surface area contributed by atoms with Crippen molar-refractivity contribution in [2.75, 3.05) is 5.73 Å². The molecule has 0 aliphatic rings. The van der Waals surface area contributed by atoms with Crippen LogP contribution in [0.2, 0.25) is 0 Å². The van der Waals surface area contributed by atoms with E-state index in [-0.39, 0.29) is 5.41 Å². The van der Waals surface area contributed by atoms with E-state index in [1.807, 2.05) is 6.07 Å². The Morgan fingerprint density at radius 1 is 1.29 bits per heavy atom. The van der Waals surface area contributed by atoms with Crippen LogP contribution in [0.4, 0.5) is 5.69 Å². The van der Waals surface area contributed by atoms with E-state index < -0.39 is 0 Å². The second-order valence-corrected chi connectivity index (χ2v) is 4.64. The lowest BCUT2D eigenvalue weighted by Crippen LogP contribution is -2.11. The van der Waals surface area contributed by atoms with E-state index >= 15 is 0 Å². The molecule has 0 aliphatic heterocycles. The zero-order valence-corrected chi connectivity index (χ0v) is 8.76. The topological polar surface area (TPSA) is 54.7 Å².